The summed E-state index contributed by atoms with van der Waals surface area (Å²) in [6.45, 7) is 1.60. The molecule has 1 aromatic rings. The van der Waals surface area contributed by atoms with Gasteiger partial charge in [0.05, 0.1) is 0 Å². The van der Waals surface area contributed by atoms with Crippen LogP contribution in [0.25, 0.3) is 0 Å². The van der Waals surface area contributed by atoms with Gasteiger partial charge in [0, 0.05) is 25.2 Å². The number of hydrogen-bond acceptors (Lipinski definition) is 4. The lowest BCUT2D eigenvalue weighted by Crippen LogP contribution is -2.33. The SMILES string of the molecule is NC1CCC2CN(C(=O)c3ccon3)CC12. The lowest BCUT2D eigenvalue weighted by atomic mass is 9.98. The maximum atomic E-state index is 12.0. The highest BCUT2D eigenvalue weighted by Gasteiger charge is 2.42. The molecule has 2 aliphatic rings. The summed E-state index contributed by atoms with van der Waals surface area (Å²) in [4.78, 5) is 13.9. The van der Waals surface area contributed by atoms with Crippen LogP contribution in [0.5, 0.6) is 0 Å². The normalized spacial score (nSPS) is 33.1. The lowest BCUT2D eigenvalue weighted by molar-refractivity contribution is 0.0769. The number of nitrogens with two attached hydrogens (primary N) is 1. The van der Waals surface area contributed by atoms with Crippen LogP contribution < -0.4 is 5.73 Å². The van der Waals surface area contributed by atoms with Crippen molar-refractivity contribution in [3.63, 3.8) is 0 Å². The Labute approximate surface area is 93.6 Å². The molecule has 1 aromatic heterocycles. The number of fused-ring (bicyclic) bond motifs is 1. The van der Waals surface area contributed by atoms with E-state index in [0.717, 1.165) is 25.9 Å². The van der Waals surface area contributed by atoms with E-state index < -0.39 is 0 Å². The molecule has 5 nitrogen and oxygen atoms in total. The smallest absolute Gasteiger partial charge is 0.276 e. The zero-order chi connectivity index (χ0) is 11.1. The Hall–Kier alpha value is -1.36. The van der Waals surface area contributed by atoms with Crippen molar-refractivity contribution >= 4 is 5.91 Å². The number of nitrogens with zero attached hydrogens (tertiary/aromatic N) is 2. The van der Waals surface area contributed by atoms with Gasteiger partial charge in [-0.2, -0.15) is 0 Å². The maximum absolute atomic E-state index is 12.0. The number of rotatable bonds is 1. The molecule has 2 heterocycles. The fraction of sp³-hybridized carbons (Fsp3) is 0.636. The van der Waals surface area contributed by atoms with E-state index in [1.54, 1.807) is 6.07 Å². The first-order valence-corrected chi connectivity index (χ1v) is 5.71. The van der Waals surface area contributed by atoms with Crippen molar-refractivity contribution in [2.24, 2.45) is 17.6 Å². The first kappa shape index (κ1) is 9.84. The van der Waals surface area contributed by atoms with Crippen LogP contribution in [0.1, 0.15) is 23.3 Å². The predicted molar refractivity (Wildman–Crippen MR) is 56.6 cm³/mol. The molecule has 3 unspecified atom stereocenters. The standard InChI is InChI=1S/C11H15N3O2/c12-9-2-1-7-5-14(6-8(7)9)11(15)10-3-4-16-13-10/h3-4,7-9H,1-2,5-6,12H2. The van der Waals surface area contributed by atoms with Crippen LogP contribution in [0.2, 0.25) is 0 Å². The van der Waals surface area contributed by atoms with Crippen molar-refractivity contribution in [2.45, 2.75) is 18.9 Å². The van der Waals surface area contributed by atoms with Crippen molar-refractivity contribution < 1.29 is 9.32 Å². The third-order valence-corrected chi connectivity index (χ3v) is 3.86. The maximum Gasteiger partial charge on any atom is 0.276 e. The third-order valence-electron chi connectivity index (χ3n) is 3.86. The van der Waals surface area contributed by atoms with Gasteiger partial charge in [0.25, 0.3) is 5.91 Å². The van der Waals surface area contributed by atoms with Crippen LogP contribution in [0.15, 0.2) is 16.9 Å². The number of aromatic nitrogens is 1. The molecule has 0 spiro atoms. The number of hydrogen-bond donors (Lipinski definition) is 1. The molecule has 1 amide bonds. The van der Waals surface area contributed by atoms with E-state index >= 15 is 0 Å². The molecule has 1 saturated heterocycles. The molecular weight excluding hydrogens is 206 g/mol. The van der Waals surface area contributed by atoms with E-state index in [-0.39, 0.29) is 11.9 Å². The second-order valence-electron chi connectivity index (χ2n) is 4.76. The Kier molecular flexibility index (Phi) is 2.21. The summed E-state index contributed by atoms with van der Waals surface area (Å²) in [6.07, 6.45) is 3.67. The Balaban J connectivity index is 1.73. The van der Waals surface area contributed by atoms with Crippen LogP contribution in [0.3, 0.4) is 0 Å². The van der Waals surface area contributed by atoms with E-state index in [0.29, 0.717) is 17.5 Å². The van der Waals surface area contributed by atoms with Gasteiger partial charge in [0.1, 0.15) is 6.26 Å². The Morgan fingerprint density at radius 3 is 3.06 bits per heavy atom. The molecule has 0 bridgehead atoms. The summed E-state index contributed by atoms with van der Waals surface area (Å²) in [5.41, 5.74) is 6.43. The van der Waals surface area contributed by atoms with Crippen LogP contribution >= 0.6 is 0 Å². The second-order valence-corrected chi connectivity index (χ2v) is 4.76. The molecule has 2 fully saturated rings. The highest BCUT2D eigenvalue weighted by Crippen LogP contribution is 2.37. The van der Waals surface area contributed by atoms with Crippen LogP contribution in [0, 0.1) is 11.8 Å². The van der Waals surface area contributed by atoms with Gasteiger partial charge < -0.3 is 15.2 Å². The Morgan fingerprint density at radius 1 is 1.50 bits per heavy atom. The van der Waals surface area contributed by atoms with E-state index in [2.05, 4.69) is 9.68 Å². The minimum absolute atomic E-state index is 0.0321. The van der Waals surface area contributed by atoms with Gasteiger partial charge in [-0.05, 0) is 24.7 Å². The summed E-state index contributed by atoms with van der Waals surface area (Å²) >= 11 is 0. The average Bonchev–Trinajstić information content (AvgIpc) is 2.96. The summed E-state index contributed by atoms with van der Waals surface area (Å²) < 4.78 is 4.69. The third kappa shape index (κ3) is 1.43. The molecule has 1 aliphatic carbocycles. The number of carbonyl (C=O) groups excluding carboxylic acids is 1. The summed E-state index contributed by atoms with van der Waals surface area (Å²) in [5, 5.41) is 3.68. The van der Waals surface area contributed by atoms with Gasteiger partial charge in [0.15, 0.2) is 5.69 Å². The molecule has 3 atom stereocenters. The van der Waals surface area contributed by atoms with Crippen molar-refractivity contribution in [3.8, 4) is 0 Å². The van der Waals surface area contributed by atoms with Crippen LogP contribution in [0.4, 0.5) is 0 Å². The van der Waals surface area contributed by atoms with E-state index in [4.69, 9.17) is 5.73 Å². The number of amides is 1. The zero-order valence-corrected chi connectivity index (χ0v) is 9.00. The first-order valence-electron chi connectivity index (χ1n) is 5.71. The molecule has 5 heteroatoms. The zero-order valence-electron chi connectivity index (χ0n) is 9.00. The van der Waals surface area contributed by atoms with Crippen molar-refractivity contribution in [2.75, 3.05) is 13.1 Å². The van der Waals surface area contributed by atoms with Crippen molar-refractivity contribution in [1.29, 1.82) is 0 Å². The topological polar surface area (TPSA) is 72.4 Å². The summed E-state index contributed by atoms with van der Waals surface area (Å²) in [5.74, 6) is 1.04. The molecule has 3 rings (SSSR count). The molecule has 0 radical (unpaired) electrons. The minimum Gasteiger partial charge on any atom is -0.364 e. The number of likely N-dealkylation sites (tertiary alicyclic amines) is 1. The molecular formula is C11H15N3O2. The highest BCUT2D eigenvalue weighted by molar-refractivity contribution is 5.92. The largest absolute Gasteiger partial charge is 0.364 e. The molecule has 1 aliphatic heterocycles. The first-order chi connectivity index (χ1) is 7.75. The van der Waals surface area contributed by atoms with Gasteiger partial charge in [-0.25, -0.2) is 0 Å². The van der Waals surface area contributed by atoms with Crippen LogP contribution in [-0.2, 0) is 0 Å². The van der Waals surface area contributed by atoms with E-state index in [9.17, 15) is 4.79 Å². The quantitative estimate of drug-likeness (QED) is 0.748. The van der Waals surface area contributed by atoms with E-state index in [1.807, 2.05) is 4.90 Å². The molecule has 86 valence electrons. The molecule has 2 N–H and O–H groups in total. The minimum atomic E-state index is -0.0321. The Morgan fingerprint density at radius 2 is 2.38 bits per heavy atom. The van der Waals surface area contributed by atoms with Gasteiger partial charge in [-0.3, -0.25) is 4.79 Å². The van der Waals surface area contributed by atoms with Gasteiger partial charge in [-0.15, -0.1) is 0 Å². The van der Waals surface area contributed by atoms with Gasteiger partial charge in [-0.1, -0.05) is 5.16 Å². The summed E-state index contributed by atoms with van der Waals surface area (Å²) in [6, 6.07) is 1.87. The molecule has 0 aromatic carbocycles. The van der Waals surface area contributed by atoms with Crippen molar-refractivity contribution in [1.82, 2.24) is 10.1 Å². The van der Waals surface area contributed by atoms with Crippen molar-refractivity contribution in [3.05, 3.63) is 18.0 Å². The predicted octanol–water partition coefficient (Wildman–Crippen LogP) is 0.484. The fourth-order valence-electron chi connectivity index (χ4n) is 2.96. The van der Waals surface area contributed by atoms with Gasteiger partial charge in [0.2, 0.25) is 0 Å². The summed E-state index contributed by atoms with van der Waals surface area (Å²) in [7, 11) is 0. The fourth-order valence-corrected chi connectivity index (χ4v) is 2.96. The molecule has 1 saturated carbocycles. The average molecular weight is 221 g/mol. The second kappa shape index (κ2) is 3.59. The van der Waals surface area contributed by atoms with Crippen LogP contribution in [-0.4, -0.2) is 35.1 Å². The van der Waals surface area contributed by atoms with E-state index in [1.165, 1.54) is 6.26 Å². The number of carbonyl (C=O) groups is 1. The Bertz CT molecular complexity index is 390. The highest BCUT2D eigenvalue weighted by atomic mass is 16.5. The van der Waals surface area contributed by atoms with Gasteiger partial charge >= 0.3 is 0 Å². The monoisotopic (exact) mass is 221 g/mol. The lowest BCUT2D eigenvalue weighted by Gasteiger charge is -2.17. The molecule has 16 heavy (non-hydrogen) atoms.